The Morgan fingerprint density at radius 2 is 1.60 bits per heavy atom. The van der Waals surface area contributed by atoms with Gasteiger partial charge >= 0.3 is 0 Å². The van der Waals surface area contributed by atoms with Gasteiger partial charge in [0.15, 0.2) is 0 Å². The van der Waals surface area contributed by atoms with E-state index in [-0.39, 0.29) is 0 Å². The molecule has 0 aromatic heterocycles. The van der Waals surface area contributed by atoms with E-state index in [0.29, 0.717) is 32.3 Å². The minimum absolute atomic E-state index is 0.377. The Morgan fingerprint density at radius 3 is 2.00 bits per heavy atom. The Labute approximate surface area is 124 Å². The molecule has 0 bridgehead atoms. The van der Waals surface area contributed by atoms with Crippen molar-refractivity contribution < 1.29 is 14.6 Å². The summed E-state index contributed by atoms with van der Waals surface area (Å²) in [6.45, 7) is 15.7. The van der Waals surface area contributed by atoms with Crippen molar-refractivity contribution in [2.24, 2.45) is 0 Å². The van der Waals surface area contributed by atoms with Crippen LogP contribution in [0.4, 0.5) is 0 Å². The predicted molar refractivity (Wildman–Crippen MR) is 83.2 cm³/mol. The van der Waals surface area contributed by atoms with Crippen LogP contribution in [0, 0.1) is 0 Å². The molecule has 0 rings (SSSR count). The molecule has 122 valence electrons. The maximum absolute atomic E-state index is 10.5. The van der Waals surface area contributed by atoms with E-state index in [1.165, 1.54) is 0 Å². The normalized spacial score (nSPS) is 15.0. The van der Waals surface area contributed by atoms with E-state index in [4.69, 9.17) is 9.47 Å². The second-order valence-electron chi connectivity index (χ2n) is 5.70. The number of rotatable bonds is 13. The van der Waals surface area contributed by atoms with Crippen molar-refractivity contribution in [2.75, 3.05) is 52.6 Å². The molecule has 0 aliphatic rings. The van der Waals surface area contributed by atoms with Crippen LogP contribution in [0.2, 0.25) is 0 Å². The topological polar surface area (TPSA) is 54.0 Å². The molecule has 1 unspecified atom stereocenters. The van der Waals surface area contributed by atoms with E-state index in [1.807, 2.05) is 20.8 Å². The van der Waals surface area contributed by atoms with E-state index in [2.05, 4.69) is 24.1 Å². The van der Waals surface area contributed by atoms with Gasteiger partial charge in [-0.2, -0.15) is 0 Å². The van der Waals surface area contributed by atoms with Gasteiger partial charge in [-0.3, -0.25) is 4.90 Å². The molecule has 1 atom stereocenters. The van der Waals surface area contributed by atoms with Crippen LogP contribution >= 0.6 is 0 Å². The standard InChI is InChI=1S/C15H34N2O3/c1-6-19-10-8-17(9-11-20-7-2)13-15(5,18)12-16-14(3)4/h14,16,18H,6-13H2,1-5H3. The van der Waals surface area contributed by atoms with Gasteiger partial charge in [0, 0.05) is 45.4 Å². The zero-order chi connectivity index (χ0) is 15.4. The van der Waals surface area contributed by atoms with E-state index in [1.54, 1.807) is 0 Å². The summed E-state index contributed by atoms with van der Waals surface area (Å²) in [6, 6.07) is 0.377. The highest BCUT2D eigenvalue weighted by molar-refractivity contribution is 4.81. The van der Waals surface area contributed by atoms with Crippen LogP contribution in [-0.2, 0) is 9.47 Å². The SMILES string of the molecule is CCOCCN(CCOCC)CC(C)(O)CNC(C)C. The number of nitrogens with one attached hydrogen (secondary N) is 1. The average molecular weight is 290 g/mol. The fourth-order valence-corrected chi connectivity index (χ4v) is 1.91. The molecule has 0 fully saturated rings. The van der Waals surface area contributed by atoms with E-state index < -0.39 is 5.60 Å². The lowest BCUT2D eigenvalue weighted by Gasteiger charge is -2.32. The lowest BCUT2D eigenvalue weighted by atomic mass is 10.1. The van der Waals surface area contributed by atoms with Crippen molar-refractivity contribution in [2.45, 2.75) is 46.3 Å². The molecule has 0 aromatic rings. The minimum Gasteiger partial charge on any atom is -0.388 e. The molecule has 0 saturated heterocycles. The summed E-state index contributed by atoms with van der Waals surface area (Å²) < 4.78 is 10.8. The van der Waals surface area contributed by atoms with Gasteiger partial charge in [0.2, 0.25) is 0 Å². The molecule has 0 saturated carbocycles. The van der Waals surface area contributed by atoms with Crippen molar-refractivity contribution in [1.29, 1.82) is 0 Å². The molecule has 2 N–H and O–H groups in total. The van der Waals surface area contributed by atoms with Gasteiger partial charge in [0.05, 0.1) is 18.8 Å². The maximum atomic E-state index is 10.5. The first-order valence-electron chi connectivity index (χ1n) is 7.75. The van der Waals surface area contributed by atoms with Crippen LogP contribution in [0.15, 0.2) is 0 Å². The largest absolute Gasteiger partial charge is 0.388 e. The van der Waals surface area contributed by atoms with Gasteiger partial charge in [-0.05, 0) is 20.8 Å². The molecular weight excluding hydrogens is 256 g/mol. The lowest BCUT2D eigenvalue weighted by Crippen LogP contribution is -2.50. The zero-order valence-electron chi connectivity index (χ0n) is 13.9. The summed E-state index contributed by atoms with van der Waals surface area (Å²) >= 11 is 0. The monoisotopic (exact) mass is 290 g/mol. The summed E-state index contributed by atoms with van der Waals surface area (Å²) in [6.07, 6.45) is 0. The molecule has 0 spiro atoms. The van der Waals surface area contributed by atoms with Gasteiger partial charge in [0.1, 0.15) is 0 Å². The zero-order valence-corrected chi connectivity index (χ0v) is 13.9. The van der Waals surface area contributed by atoms with E-state index >= 15 is 0 Å². The molecule has 5 heteroatoms. The quantitative estimate of drug-likeness (QED) is 0.498. The minimum atomic E-state index is -0.747. The lowest BCUT2D eigenvalue weighted by molar-refractivity contribution is 0.000292. The molecule has 0 amide bonds. The maximum Gasteiger partial charge on any atom is 0.0869 e. The predicted octanol–water partition coefficient (Wildman–Crippen LogP) is 1.11. The molecule has 0 aliphatic heterocycles. The third-order valence-electron chi connectivity index (χ3n) is 2.97. The van der Waals surface area contributed by atoms with Crippen molar-refractivity contribution in [3.63, 3.8) is 0 Å². The Balaban J connectivity index is 4.20. The van der Waals surface area contributed by atoms with Crippen LogP contribution in [0.25, 0.3) is 0 Å². The Hall–Kier alpha value is -0.200. The number of hydrogen-bond acceptors (Lipinski definition) is 5. The fraction of sp³-hybridized carbons (Fsp3) is 1.00. The highest BCUT2D eigenvalue weighted by Crippen LogP contribution is 2.06. The highest BCUT2D eigenvalue weighted by Gasteiger charge is 2.23. The van der Waals surface area contributed by atoms with Crippen LogP contribution in [-0.4, -0.2) is 74.3 Å². The first kappa shape index (κ1) is 19.8. The first-order chi connectivity index (χ1) is 9.41. The summed E-state index contributed by atoms with van der Waals surface area (Å²) in [4.78, 5) is 2.20. The smallest absolute Gasteiger partial charge is 0.0869 e. The first-order valence-corrected chi connectivity index (χ1v) is 7.75. The van der Waals surface area contributed by atoms with Crippen molar-refractivity contribution in [3.05, 3.63) is 0 Å². The van der Waals surface area contributed by atoms with Gasteiger partial charge in [-0.15, -0.1) is 0 Å². The highest BCUT2D eigenvalue weighted by atomic mass is 16.5. The molecule has 5 nitrogen and oxygen atoms in total. The van der Waals surface area contributed by atoms with E-state index in [0.717, 1.165) is 26.3 Å². The number of hydrogen-bond donors (Lipinski definition) is 2. The van der Waals surface area contributed by atoms with Crippen LogP contribution in [0.1, 0.15) is 34.6 Å². The number of aliphatic hydroxyl groups is 1. The van der Waals surface area contributed by atoms with Gasteiger partial charge < -0.3 is 19.9 Å². The molecule has 20 heavy (non-hydrogen) atoms. The molecule has 0 aliphatic carbocycles. The summed E-state index contributed by atoms with van der Waals surface area (Å²) in [5.41, 5.74) is -0.747. The Kier molecular flexibility index (Phi) is 11.3. The van der Waals surface area contributed by atoms with Gasteiger partial charge in [-0.25, -0.2) is 0 Å². The van der Waals surface area contributed by atoms with Gasteiger partial charge in [-0.1, -0.05) is 13.8 Å². The molecule has 0 aromatic carbocycles. The third kappa shape index (κ3) is 11.6. The second kappa shape index (κ2) is 11.5. The third-order valence-corrected chi connectivity index (χ3v) is 2.97. The number of ether oxygens (including phenoxy) is 2. The molecule has 0 radical (unpaired) electrons. The van der Waals surface area contributed by atoms with Crippen LogP contribution < -0.4 is 5.32 Å². The summed E-state index contributed by atoms with van der Waals surface area (Å²) in [5.74, 6) is 0. The van der Waals surface area contributed by atoms with Crippen LogP contribution in [0.5, 0.6) is 0 Å². The van der Waals surface area contributed by atoms with Gasteiger partial charge in [0.25, 0.3) is 0 Å². The molecular formula is C15H34N2O3. The van der Waals surface area contributed by atoms with Crippen molar-refractivity contribution in [3.8, 4) is 0 Å². The fourth-order valence-electron chi connectivity index (χ4n) is 1.91. The average Bonchev–Trinajstić information content (AvgIpc) is 2.36. The van der Waals surface area contributed by atoms with Crippen molar-refractivity contribution in [1.82, 2.24) is 10.2 Å². The summed E-state index contributed by atoms with van der Waals surface area (Å²) in [5, 5.41) is 13.7. The Bertz CT molecular complexity index is 213. The Morgan fingerprint density at radius 1 is 1.10 bits per heavy atom. The van der Waals surface area contributed by atoms with Crippen LogP contribution in [0.3, 0.4) is 0 Å². The molecule has 0 heterocycles. The summed E-state index contributed by atoms with van der Waals surface area (Å²) in [7, 11) is 0. The second-order valence-corrected chi connectivity index (χ2v) is 5.70. The number of nitrogens with zero attached hydrogens (tertiary/aromatic N) is 1. The van der Waals surface area contributed by atoms with Crippen molar-refractivity contribution >= 4 is 0 Å². The van der Waals surface area contributed by atoms with E-state index in [9.17, 15) is 5.11 Å².